The largest absolute Gasteiger partial charge is 0.440 e. The van der Waals surface area contributed by atoms with Crippen LogP contribution in [0.2, 0.25) is 0 Å². The topological polar surface area (TPSA) is 77.2 Å². The second-order valence-corrected chi connectivity index (χ2v) is 10.1. The van der Waals surface area contributed by atoms with Crippen LogP contribution >= 0.6 is 11.3 Å². The average molecular weight is 418 g/mol. The molecule has 0 amide bonds. The molecule has 0 bridgehead atoms. The van der Waals surface area contributed by atoms with Gasteiger partial charge in [0.15, 0.2) is 15.6 Å². The van der Waals surface area contributed by atoms with E-state index in [9.17, 15) is 13.2 Å². The van der Waals surface area contributed by atoms with E-state index >= 15 is 0 Å². The van der Waals surface area contributed by atoms with Gasteiger partial charge < -0.3 is 4.42 Å². The van der Waals surface area contributed by atoms with Crippen LogP contribution in [0.15, 0.2) is 28.0 Å². The van der Waals surface area contributed by atoms with Gasteiger partial charge in [0.1, 0.15) is 5.76 Å². The summed E-state index contributed by atoms with van der Waals surface area (Å²) in [4.78, 5) is 17.3. The van der Waals surface area contributed by atoms with Gasteiger partial charge in [-0.05, 0) is 68.3 Å². The molecular formula is C21H23NO4S2. The van der Waals surface area contributed by atoms with Gasteiger partial charge in [0.05, 0.1) is 22.1 Å². The zero-order chi connectivity index (χ0) is 20.6. The molecule has 2 heterocycles. The summed E-state index contributed by atoms with van der Waals surface area (Å²) in [5.74, 6) is 0.566. The molecule has 5 nitrogen and oxygen atoms in total. The van der Waals surface area contributed by atoms with Crippen molar-refractivity contribution in [3.8, 4) is 10.8 Å². The summed E-state index contributed by atoms with van der Waals surface area (Å²) >= 11 is 1.49. The van der Waals surface area contributed by atoms with Gasteiger partial charge in [-0.3, -0.25) is 4.79 Å². The van der Waals surface area contributed by atoms with E-state index in [1.165, 1.54) is 18.3 Å². The van der Waals surface area contributed by atoms with Crippen molar-refractivity contribution in [2.75, 3.05) is 0 Å². The quantitative estimate of drug-likeness (QED) is 0.530. The first-order chi connectivity index (χ1) is 13.1. The van der Waals surface area contributed by atoms with E-state index in [-0.39, 0.29) is 17.3 Å². The molecular weight excluding hydrogens is 394 g/mol. The number of thiophene rings is 1. The number of benzene rings is 1. The summed E-state index contributed by atoms with van der Waals surface area (Å²) in [6.07, 6.45) is 0. The molecule has 28 heavy (non-hydrogen) atoms. The van der Waals surface area contributed by atoms with Crippen molar-refractivity contribution < 1.29 is 17.6 Å². The van der Waals surface area contributed by atoms with Crippen molar-refractivity contribution in [3.05, 3.63) is 62.9 Å². The maximum absolute atomic E-state index is 12.9. The lowest BCUT2D eigenvalue weighted by Crippen LogP contribution is -2.13. The van der Waals surface area contributed by atoms with Crippen LogP contribution in [-0.4, -0.2) is 19.2 Å². The second kappa shape index (κ2) is 7.64. The summed E-state index contributed by atoms with van der Waals surface area (Å²) in [7, 11) is -3.50. The minimum atomic E-state index is -3.50. The first-order valence-corrected chi connectivity index (χ1v) is 11.6. The number of hydrogen-bond donors (Lipinski definition) is 0. The van der Waals surface area contributed by atoms with Crippen molar-refractivity contribution in [3.63, 3.8) is 0 Å². The van der Waals surface area contributed by atoms with E-state index in [2.05, 4.69) is 4.98 Å². The molecule has 0 spiro atoms. The third-order valence-electron chi connectivity index (χ3n) is 4.83. The Labute approximate surface area is 169 Å². The number of Topliss-reactive ketones (excluding diaryl/α,β-unsaturated/α-hetero) is 1. The van der Waals surface area contributed by atoms with Crippen molar-refractivity contribution >= 4 is 27.0 Å². The fraction of sp³-hybridized carbons (Fsp3) is 0.333. The standard InChI is InChI=1S/C21H23NO4S2/c1-12-9-13(2)20(15(4)23)14(3)17(12)10-28(24,25)11-18-16(5)26-21(22-18)19-7-6-8-27-19/h6-9H,10-11H2,1-5H3. The van der Waals surface area contributed by atoms with Gasteiger partial charge >= 0.3 is 0 Å². The van der Waals surface area contributed by atoms with Gasteiger partial charge in [0, 0.05) is 5.56 Å². The lowest BCUT2D eigenvalue weighted by Gasteiger charge is -2.16. The third-order valence-corrected chi connectivity index (χ3v) is 7.13. The summed E-state index contributed by atoms with van der Waals surface area (Å²) in [5.41, 5.74) is 4.21. The monoisotopic (exact) mass is 417 g/mol. The van der Waals surface area contributed by atoms with Crippen molar-refractivity contribution in [1.82, 2.24) is 4.98 Å². The second-order valence-electron chi connectivity index (χ2n) is 7.08. The van der Waals surface area contributed by atoms with Gasteiger partial charge in [0.25, 0.3) is 0 Å². The molecule has 0 aliphatic rings. The first kappa shape index (κ1) is 20.5. The summed E-state index contributed by atoms with van der Waals surface area (Å²) in [6, 6.07) is 5.66. The van der Waals surface area contributed by atoms with E-state index in [0.29, 0.717) is 28.5 Å². The van der Waals surface area contributed by atoms with Crippen LogP contribution in [0.25, 0.3) is 10.8 Å². The van der Waals surface area contributed by atoms with Crippen molar-refractivity contribution in [1.29, 1.82) is 0 Å². The highest BCUT2D eigenvalue weighted by Crippen LogP contribution is 2.29. The summed E-state index contributed by atoms with van der Waals surface area (Å²) in [5, 5.41) is 1.92. The van der Waals surface area contributed by atoms with Crippen LogP contribution in [0.4, 0.5) is 0 Å². The molecule has 0 aliphatic heterocycles. The van der Waals surface area contributed by atoms with E-state index in [4.69, 9.17) is 4.42 Å². The Morgan fingerprint density at radius 2 is 1.86 bits per heavy atom. The van der Waals surface area contributed by atoms with Crippen LogP contribution in [0.5, 0.6) is 0 Å². The lowest BCUT2D eigenvalue weighted by molar-refractivity contribution is 0.101. The third kappa shape index (κ3) is 4.10. The number of hydrogen-bond acceptors (Lipinski definition) is 6. The molecule has 0 saturated heterocycles. The number of aromatic nitrogens is 1. The minimum absolute atomic E-state index is 0.0541. The van der Waals surface area contributed by atoms with Gasteiger partial charge in [0.2, 0.25) is 5.89 Å². The van der Waals surface area contributed by atoms with Gasteiger partial charge in [-0.15, -0.1) is 11.3 Å². The van der Waals surface area contributed by atoms with Gasteiger partial charge in [-0.2, -0.15) is 0 Å². The normalized spacial score (nSPS) is 11.8. The molecule has 1 aromatic carbocycles. The molecule has 2 aromatic heterocycles. The Balaban J connectivity index is 1.92. The number of rotatable bonds is 6. The van der Waals surface area contributed by atoms with Crippen LogP contribution < -0.4 is 0 Å². The Bertz CT molecular complexity index is 1140. The number of nitrogens with zero attached hydrogens (tertiary/aromatic N) is 1. The Morgan fingerprint density at radius 1 is 1.14 bits per heavy atom. The van der Waals surface area contributed by atoms with Gasteiger partial charge in [-0.1, -0.05) is 12.1 Å². The van der Waals surface area contributed by atoms with Crippen LogP contribution in [-0.2, 0) is 21.3 Å². The molecule has 3 aromatic rings. The van der Waals surface area contributed by atoms with E-state index in [0.717, 1.165) is 21.6 Å². The number of carbonyl (C=O) groups excluding carboxylic acids is 1. The van der Waals surface area contributed by atoms with E-state index < -0.39 is 9.84 Å². The predicted molar refractivity (Wildman–Crippen MR) is 112 cm³/mol. The molecule has 3 rings (SSSR count). The van der Waals surface area contributed by atoms with Gasteiger partial charge in [-0.25, -0.2) is 13.4 Å². The highest BCUT2D eigenvalue weighted by Gasteiger charge is 2.23. The maximum Gasteiger partial charge on any atom is 0.236 e. The summed E-state index contributed by atoms with van der Waals surface area (Å²) in [6.45, 7) is 8.81. The Morgan fingerprint density at radius 3 is 2.46 bits per heavy atom. The minimum Gasteiger partial charge on any atom is -0.440 e. The molecule has 0 fully saturated rings. The van der Waals surface area contributed by atoms with Crippen LogP contribution in [0.3, 0.4) is 0 Å². The average Bonchev–Trinajstić information content (AvgIpc) is 3.21. The smallest absolute Gasteiger partial charge is 0.236 e. The molecule has 0 saturated carbocycles. The SMILES string of the molecule is CC(=O)c1c(C)cc(C)c(CS(=O)(=O)Cc2nc(-c3cccs3)oc2C)c1C. The highest BCUT2D eigenvalue weighted by atomic mass is 32.2. The lowest BCUT2D eigenvalue weighted by atomic mass is 9.92. The van der Waals surface area contributed by atoms with Crippen LogP contribution in [0, 0.1) is 27.7 Å². The van der Waals surface area contributed by atoms with E-state index in [1.54, 1.807) is 6.92 Å². The molecule has 0 unspecified atom stereocenters. The molecule has 0 N–H and O–H groups in total. The highest BCUT2D eigenvalue weighted by molar-refractivity contribution is 7.89. The Hall–Kier alpha value is -2.25. The zero-order valence-electron chi connectivity index (χ0n) is 16.6. The fourth-order valence-corrected chi connectivity index (χ4v) is 5.86. The number of carbonyl (C=O) groups is 1. The molecule has 0 aliphatic carbocycles. The number of sulfone groups is 1. The molecule has 0 atom stereocenters. The zero-order valence-corrected chi connectivity index (χ0v) is 18.3. The molecule has 7 heteroatoms. The number of oxazole rings is 1. The Kier molecular flexibility index (Phi) is 5.59. The van der Waals surface area contributed by atoms with Crippen molar-refractivity contribution in [2.24, 2.45) is 0 Å². The summed E-state index contributed by atoms with van der Waals surface area (Å²) < 4.78 is 31.5. The number of aryl methyl sites for hydroxylation is 3. The predicted octanol–water partition coefficient (Wildman–Crippen LogP) is 4.95. The maximum atomic E-state index is 12.9. The molecule has 0 radical (unpaired) electrons. The first-order valence-electron chi connectivity index (χ1n) is 8.90. The van der Waals surface area contributed by atoms with E-state index in [1.807, 2.05) is 44.4 Å². The fourth-order valence-electron chi connectivity index (χ4n) is 3.54. The molecule has 148 valence electrons. The van der Waals surface area contributed by atoms with Crippen molar-refractivity contribution in [2.45, 2.75) is 46.1 Å². The number of ketones is 1. The van der Waals surface area contributed by atoms with Crippen LogP contribution in [0.1, 0.15) is 51.0 Å².